The molecule has 1 aromatic heterocycles. The third kappa shape index (κ3) is 5.65. The Kier molecular flexibility index (Phi) is 6.58. The van der Waals surface area contributed by atoms with Crippen molar-refractivity contribution in [3.8, 4) is 0 Å². The third-order valence-corrected chi connectivity index (χ3v) is 4.61. The van der Waals surface area contributed by atoms with Gasteiger partial charge in [0.1, 0.15) is 0 Å². The summed E-state index contributed by atoms with van der Waals surface area (Å²) in [6, 6.07) is 20.7. The third-order valence-electron chi connectivity index (χ3n) is 4.61. The van der Waals surface area contributed by atoms with E-state index < -0.39 is 6.04 Å². The van der Waals surface area contributed by atoms with E-state index in [0.29, 0.717) is 11.1 Å². The number of aromatic nitrogens is 1. The molecule has 3 N–H and O–H groups in total. The Morgan fingerprint density at radius 2 is 1.55 bits per heavy atom. The van der Waals surface area contributed by atoms with Crippen molar-refractivity contribution in [2.45, 2.75) is 25.4 Å². The Bertz CT molecular complexity index is 1020. The van der Waals surface area contributed by atoms with Gasteiger partial charge in [-0.1, -0.05) is 48.5 Å². The first-order valence-electron chi connectivity index (χ1n) is 9.42. The summed E-state index contributed by atoms with van der Waals surface area (Å²) >= 11 is 0. The van der Waals surface area contributed by atoms with Crippen molar-refractivity contribution in [1.82, 2.24) is 15.6 Å². The average Bonchev–Trinajstić information content (AvgIpc) is 2.74. The first-order chi connectivity index (χ1) is 14.0. The molecule has 0 bridgehead atoms. The van der Waals surface area contributed by atoms with Crippen molar-refractivity contribution in [2.24, 2.45) is 0 Å². The van der Waals surface area contributed by atoms with E-state index in [4.69, 9.17) is 0 Å². The van der Waals surface area contributed by atoms with Gasteiger partial charge in [-0.15, -0.1) is 0 Å². The Morgan fingerprint density at radius 3 is 2.21 bits per heavy atom. The number of aromatic amines is 1. The quantitative estimate of drug-likeness (QED) is 0.580. The predicted molar refractivity (Wildman–Crippen MR) is 111 cm³/mol. The highest BCUT2D eigenvalue weighted by Crippen LogP contribution is 2.19. The van der Waals surface area contributed by atoms with Crippen LogP contribution in [0.1, 0.15) is 46.9 Å². The van der Waals surface area contributed by atoms with Crippen LogP contribution in [-0.4, -0.2) is 16.8 Å². The lowest BCUT2D eigenvalue weighted by atomic mass is 10.0. The second-order valence-corrected chi connectivity index (χ2v) is 6.78. The van der Waals surface area contributed by atoms with Gasteiger partial charge >= 0.3 is 0 Å². The van der Waals surface area contributed by atoms with Gasteiger partial charge in [-0.2, -0.15) is 0 Å². The minimum atomic E-state index is -0.477. The van der Waals surface area contributed by atoms with Crippen molar-refractivity contribution < 1.29 is 9.59 Å². The normalized spacial score (nSPS) is 12.6. The van der Waals surface area contributed by atoms with E-state index >= 15 is 0 Å². The minimum absolute atomic E-state index is 0.0795. The fourth-order valence-electron chi connectivity index (χ4n) is 3.07. The fraction of sp³-hybridized carbons (Fsp3) is 0.174. The summed E-state index contributed by atoms with van der Waals surface area (Å²) in [5.41, 5.74) is 1.87. The van der Waals surface area contributed by atoms with Crippen molar-refractivity contribution in [1.29, 1.82) is 0 Å². The van der Waals surface area contributed by atoms with Crippen LogP contribution in [0.25, 0.3) is 0 Å². The van der Waals surface area contributed by atoms with Crippen molar-refractivity contribution in [2.75, 3.05) is 0 Å². The van der Waals surface area contributed by atoms with E-state index in [1.54, 1.807) is 36.5 Å². The minimum Gasteiger partial charge on any atom is -0.350 e. The van der Waals surface area contributed by atoms with Crippen molar-refractivity contribution >= 4 is 11.8 Å². The second kappa shape index (κ2) is 9.50. The van der Waals surface area contributed by atoms with E-state index in [-0.39, 0.29) is 29.8 Å². The zero-order valence-electron chi connectivity index (χ0n) is 16.1. The lowest BCUT2D eigenvalue weighted by Crippen LogP contribution is -2.34. The number of amides is 2. The smallest absolute Gasteiger partial charge is 0.251 e. The zero-order chi connectivity index (χ0) is 20.6. The lowest BCUT2D eigenvalue weighted by Gasteiger charge is -2.21. The Labute approximate surface area is 169 Å². The lowest BCUT2D eigenvalue weighted by molar-refractivity contribution is -0.122. The fourth-order valence-corrected chi connectivity index (χ4v) is 3.07. The van der Waals surface area contributed by atoms with Gasteiger partial charge in [0.25, 0.3) is 5.91 Å². The highest BCUT2D eigenvalue weighted by molar-refractivity contribution is 5.94. The van der Waals surface area contributed by atoms with Gasteiger partial charge < -0.3 is 15.6 Å². The molecule has 6 heteroatoms. The molecular formula is C23H23N3O3. The Morgan fingerprint density at radius 1 is 0.897 bits per heavy atom. The number of carbonyl (C=O) groups excluding carboxylic acids is 2. The molecular weight excluding hydrogens is 366 g/mol. The summed E-state index contributed by atoms with van der Waals surface area (Å²) in [6.45, 7) is 1.81. The van der Waals surface area contributed by atoms with Gasteiger partial charge in [-0.25, -0.2) is 0 Å². The molecule has 2 atom stereocenters. The van der Waals surface area contributed by atoms with E-state index in [1.807, 2.05) is 43.3 Å². The maximum atomic E-state index is 12.7. The molecule has 3 rings (SSSR count). The molecule has 1 heterocycles. The number of rotatable bonds is 7. The van der Waals surface area contributed by atoms with Gasteiger partial charge in [0.05, 0.1) is 18.5 Å². The molecule has 0 radical (unpaired) electrons. The monoisotopic (exact) mass is 389 g/mol. The average molecular weight is 389 g/mol. The first-order valence-corrected chi connectivity index (χ1v) is 9.42. The zero-order valence-corrected chi connectivity index (χ0v) is 16.1. The molecule has 6 nitrogen and oxygen atoms in total. The number of hydrogen-bond donors (Lipinski definition) is 3. The highest BCUT2D eigenvalue weighted by atomic mass is 16.2. The molecule has 0 spiro atoms. The molecule has 0 fully saturated rings. The molecule has 0 aliphatic rings. The number of hydrogen-bond acceptors (Lipinski definition) is 3. The van der Waals surface area contributed by atoms with Crippen LogP contribution in [0.5, 0.6) is 0 Å². The number of carbonyl (C=O) groups is 2. The number of benzene rings is 2. The van der Waals surface area contributed by atoms with Gasteiger partial charge in [0.2, 0.25) is 11.5 Å². The maximum Gasteiger partial charge on any atom is 0.251 e. The van der Waals surface area contributed by atoms with Crippen LogP contribution in [0, 0.1) is 0 Å². The van der Waals surface area contributed by atoms with Crippen molar-refractivity contribution in [3.63, 3.8) is 0 Å². The van der Waals surface area contributed by atoms with E-state index in [0.717, 1.165) is 5.56 Å². The summed E-state index contributed by atoms with van der Waals surface area (Å²) in [4.78, 5) is 39.3. The van der Waals surface area contributed by atoms with Crippen LogP contribution < -0.4 is 16.2 Å². The molecule has 0 aliphatic carbocycles. The summed E-state index contributed by atoms with van der Waals surface area (Å²) in [5.74, 6) is -0.463. The summed E-state index contributed by atoms with van der Waals surface area (Å²) in [5, 5.41) is 5.84. The molecule has 0 aliphatic heterocycles. The summed E-state index contributed by atoms with van der Waals surface area (Å²) in [7, 11) is 0. The Balaban J connectivity index is 1.72. The second-order valence-electron chi connectivity index (χ2n) is 6.78. The molecule has 29 heavy (non-hydrogen) atoms. The topological polar surface area (TPSA) is 91.1 Å². The van der Waals surface area contributed by atoms with E-state index in [9.17, 15) is 14.4 Å². The van der Waals surface area contributed by atoms with Crippen LogP contribution in [0.2, 0.25) is 0 Å². The Hall–Kier alpha value is -3.67. The molecule has 0 saturated heterocycles. The molecule has 2 amide bonds. The van der Waals surface area contributed by atoms with Crippen LogP contribution in [0.3, 0.4) is 0 Å². The van der Waals surface area contributed by atoms with E-state index in [2.05, 4.69) is 15.6 Å². The van der Waals surface area contributed by atoms with Crippen LogP contribution in [-0.2, 0) is 4.79 Å². The van der Waals surface area contributed by atoms with Crippen molar-refractivity contribution in [3.05, 3.63) is 106 Å². The first kappa shape index (κ1) is 20.1. The van der Waals surface area contributed by atoms with E-state index in [1.165, 1.54) is 6.07 Å². The highest BCUT2D eigenvalue weighted by Gasteiger charge is 2.20. The van der Waals surface area contributed by atoms with Crippen LogP contribution >= 0.6 is 0 Å². The summed E-state index contributed by atoms with van der Waals surface area (Å²) < 4.78 is 0. The standard InChI is InChI=1S/C23H23N3O3/c1-16(19-12-13-24-21(27)14-19)25-22(28)15-20(17-8-4-2-5-9-17)26-23(29)18-10-6-3-7-11-18/h2-14,16,20H,15H2,1H3,(H,24,27)(H,25,28)(H,26,29). The van der Waals surface area contributed by atoms with Gasteiger partial charge in [0.15, 0.2) is 0 Å². The number of H-pyrrole nitrogens is 1. The predicted octanol–water partition coefficient (Wildman–Crippen LogP) is 3.11. The molecule has 0 saturated carbocycles. The number of pyridine rings is 1. The number of nitrogens with one attached hydrogen (secondary N) is 3. The summed E-state index contributed by atoms with van der Waals surface area (Å²) in [6.07, 6.45) is 1.63. The molecule has 3 aromatic rings. The SMILES string of the molecule is CC(NC(=O)CC(NC(=O)c1ccccc1)c1ccccc1)c1cc[nH]c(=O)c1. The van der Waals surface area contributed by atoms with Gasteiger partial charge in [0, 0.05) is 17.8 Å². The molecule has 2 unspecified atom stereocenters. The van der Waals surface area contributed by atoms with Crippen LogP contribution in [0.4, 0.5) is 0 Å². The van der Waals surface area contributed by atoms with Gasteiger partial charge in [-0.3, -0.25) is 14.4 Å². The largest absolute Gasteiger partial charge is 0.350 e. The van der Waals surface area contributed by atoms with Crippen LogP contribution in [0.15, 0.2) is 83.8 Å². The maximum absolute atomic E-state index is 12.7. The van der Waals surface area contributed by atoms with Gasteiger partial charge in [-0.05, 0) is 36.2 Å². The molecule has 148 valence electrons. The molecule has 2 aromatic carbocycles.